The van der Waals surface area contributed by atoms with Crippen LogP contribution in [0.25, 0.3) is 22.3 Å². The predicted molar refractivity (Wildman–Crippen MR) is 145 cm³/mol. The second-order valence-corrected chi connectivity index (χ2v) is 9.42. The molecular formula is C32H25BO2. The summed E-state index contributed by atoms with van der Waals surface area (Å²) in [5, 5.41) is 0. The van der Waals surface area contributed by atoms with Crippen LogP contribution in [0.15, 0.2) is 54.6 Å². The van der Waals surface area contributed by atoms with Gasteiger partial charge in [0.2, 0.25) is 0 Å². The first-order chi connectivity index (χ1) is 16.7. The summed E-state index contributed by atoms with van der Waals surface area (Å²) in [6, 6.07) is 17.5. The number of hydrogen-bond donors (Lipinski definition) is 0. The van der Waals surface area contributed by atoms with Crippen molar-refractivity contribution in [3.8, 4) is 71.6 Å². The molecule has 3 aromatic rings. The molecule has 0 bridgehead atoms. The van der Waals surface area contributed by atoms with Gasteiger partial charge in [-0.3, -0.25) is 0 Å². The van der Waals surface area contributed by atoms with Gasteiger partial charge in [-0.15, -0.1) is 25.7 Å². The van der Waals surface area contributed by atoms with E-state index in [-0.39, 0.29) is 0 Å². The maximum absolute atomic E-state index is 6.45. The molecule has 35 heavy (non-hydrogen) atoms. The summed E-state index contributed by atoms with van der Waals surface area (Å²) in [6.45, 7) is 8.09. The molecule has 1 fully saturated rings. The fourth-order valence-corrected chi connectivity index (χ4v) is 4.26. The Balaban J connectivity index is 2.00. The van der Waals surface area contributed by atoms with Crippen LogP contribution in [0, 0.1) is 49.4 Å². The lowest BCUT2D eigenvalue weighted by Crippen LogP contribution is -2.41. The fourth-order valence-electron chi connectivity index (χ4n) is 4.26. The number of hydrogen-bond acceptors (Lipinski definition) is 2. The first-order valence-electron chi connectivity index (χ1n) is 11.3. The van der Waals surface area contributed by atoms with E-state index < -0.39 is 18.3 Å². The van der Waals surface area contributed by atoms with Gasteiger partial charge < -0.3 is 9.31 Å². The average Bonchev–Trinajstić information content (AvgIpc) is 3.08. The monoisotopic (exact) mass is 452 g/mol. The van der Waals surface area contributed by atoms with Gasteiger partial charge in [-0.05, 0) is 67.5 Å². The third-order valence-corrected chi connectivity index (χ3v) is 6.89. The molecule has 0 spiro atoms. The minimum absolute atomic E-state index is 0.520. The number of rotatable bonds is 3. The molecule has 0 aliphatic carbocycles. The molecule has 1 saturated heterocycles. The molecule has 3 aromatic carbocycles. The SMILES string of the molecule is C#Cc1cccc(-c2ccc(-c3cccc(C#C)c3C#C)c(B3OC(C)(C)C(C)(C)O3)c2)c1C#C. The van der Waals surface area contributed by atoms with E-state index in [0.717, 1.165) is 27.7 Å². The highest BCUT2D eigenvalue weighted by Crippen LogP contribution is 2.38. The van der Waals surface area contributed by atoms with E-state index in [1.807, 2.05) is 82.3 Å². The van der Waals surface area contributed by atoms with Gasteiger partial charge in [-0.25, -0.2) is 0 Å². The molecule has 0 unspecified atom stereocenters. The molecule has 2 nitrogen and oxygen atoms in total. The minimum Gasteiger partial charge on any atom is -0.399 e. The summed E-state index contributed by atoms with van der Waals surface area (Å²) < 4.78 is 12.9. The lowest BCUT2D eigenvalue weighted by atomic mass is 9.72. The van der Waals surface area contributed by atoms with Crippen LogP contribution in [-0.2, 0) is 9.31 Å². The Morgan fingerprint density at radius 3 is 1.66 bits per heavy atom. The molecule has 0 aromatic heterocycles. The molecule has 1 heterocycles. The van der Waals surface area contributed by atoms with Gasteiger partial charge in [0.15, 0.2) is 0 Å². The highest BCUT2D eigenvalue weighted by atomic mass is 16.7. The molecule has 168 valence electrons. The second-order valence-electron chi connectivity index (χ2n) is 9.42. The highest BCUT2D eigenvalue weighted by molar-refractivity contribution is 6.64. The lowest BCUT2D eigenvalue weighted by molar-refractivity contribution is 0.00578. The standard InChI is InChI=1S/C32H25BO2/c1-9-22-15-13-17-27(25(22)11-3)24-19-20-29(28-18-14-16-23(10-2)26(28)12-4)30(21-24)33-34-31(5,6)32(7,8)35-33/h1-4,13-21H,5-8H3. The highest BCUT2D eigenvalue weighted by Gasteiger charge is 2.52. The summed E-state index contributed by atoms with van der Waals surface area (Å²) in [5.41, 5.74) is 5.93. The second kappa shape index (κ2) is 8.92. The first kappa shape index (κ1) is 24.0. The quantitative estimate of drug-likeness (QED) is 0.400. The molecule has 0 amide bonds. The fraction of sp³-hybridized carbons (Fsp3) is 0.188. The zero-order chi connectivity index (χ0) is 25.4. The first-order valence-corrected chi connectivity index (χ1v) is 11.3. The van der Waals surface area contributed by atoms with E-state index in [9.17, 15) is 0 Å². The third-order valence-electron chi connectivity index (χ3n) is 6.89. The zero-order valence-electron chi connectivity index (χ0n) is 20.4. The molecule has 1 aliphatic rings. The van der Waals surface area contributed by atoms with Gasteiger partial charge in [-0.1, -0.05) is 66.1 Å². The Morgan fingerprint density at radius 2 is 1.14 bits per heavy atom. The van der Waals surface area contributed by atoms with Gasteiger partial charge in [-0.2, -0.15) is 0 Å². The summed E-state index contributed by atoms with van der Waals surface area (Å²) in [6.07, 6.45) is 23.2. The lowest BCUT2D eigenvalue weighted by Gasteiger charge is -2.32. The predicted octanol–water partition coefficient (Wildman–Crippen LogP) is 5.25. The van der Waals surface area contributed by atoms with Crippen molar-refractivity contribution < 1.29 is 9.31 Å². The summed E-state index contributed by atoms with van der Waals surface area (Å²) in [5.74, 6) is 10.9. The summed E-state index contributed by atoms with van der Waals surface area (Å²) in [4.78, 5) is 0. The van der Waals surface area contributed by atoms with E-state index in [0.29, 0.717) is 22.3 Å². The van der Waals surface area contributed by atoms with Crippen LogP contribution in [-0.4, -0.2) is 18.3 Å². The largest absolute Gasteiger partial charge is 0.495 e. The van der Waals surface area contributed by atoms with E-state index >= 15 is 0 Å². The molecule has 0 N–H and O–H groups in total. The van der Waals surface area contributed by atoms with Crippen LogP contribution >= 0.6 is 0 Å². The Kier molecular flexibility index (Phi) is 6.12. The van der Waals surface area contributed by atoms with Crippen molar-refractivity contribution in [2.45, 2.75) is 38.9 Å². The van der Waals surface area contributed by atoms with Crippen molar-refractivity contribution in [2.24, 2.45) is 0 Å². The molecule has 0 saturated carbocycles. The topological polar surface area (TPSA) is 18.5 Å². The van der Waals surface area contributed by atoms with Crippen molar-refractivity contribution in [2.75, 3.05) is 0 Å². The maximum atomic E-state index is 6.45. The van der Waals surface area contributed by atoms with Crippen LogP contribution in [0.1, 0.15) is 49.9 Å². The van der Waals surface area contributed by atoms with Gasteiger partial charge in [0.25, 0.3) is 0 Å². The van der Waals surface area contributed by atoms with Crippen molar-refractivity contribution >= 4 is 12.6 Å². The maximum Gasteiger partial charge on any atom is 0.495 e. The van der Waals surface area contributed by atoms with Crippen molar-refractivity contribution in [1.82, 2.24) is 0 Å². The molecule has 1 aliphatic heterocycles. The van der Waals surface area contributed by atoms with E-state index in [1.54, 1.807) is 0 Å². The number of benzene rings is 3. The molecule has 4 rings (SSSR count). The Hall–Kier alpha value is -4.12. The molecule has 0 atom stereocenters. The summed E-state index contributed by atoms with van der Waals surface area (Å²) in [7, 11) is -0.625. The van der Waals surface area contributed by atoms with Crippen LogP contribution in [0.4, 0.5) is 0 Å². The van der Waals surface area contributed by atoms with Crippen LogP contribution in [0.3, 0.4) is 0 Å². The normalized spacial score (nSPS) is 15.5. The zero-order valence-corrected chi connectivity index (χ0v) is 20.4. The van der Waals surface area contributed by atoms with Crippen LogP contribution in [0.2, 0.25) is 0 Å². The van der Waals surface area contributed by atoms with Gasteiger partial charge in [0.1, 0.15) is 0 Å². The van der Waals surface area contributed by atoms with E-state index in [4.69, 9.17) is 35.0 Å². The van der Waals surface area contributed by atoms with E-state index in [1.165, 1.54) is 0 Å². The average molecular weight is 452 g/mol. The molecular weight excluding hydrogens is 427 g/mol. The Labute approximate surface area is 209 Å². The van der Waals surface area contributed by atoms with Crippen LogP contribution < -0.4 is 5.46 Å². The van der Waals surface area contributed by atoms with Gasteiger partial charge in [0.05, 0.1) is 11.2 Å². The number of terminal acetylenes is 4. The third kappa shape index (κ3) is 4.04. The van der Waals surface area contributed by atoms with Crippen molar-refractivity contribution in [1.29, 1.82) is 0 Å². The molecule has 0 radical (unpaired) electrons. The van der Waals surface area contributed by atoms with Crippen molar-refractivity contribution in [3.05, 3.63) is 76.9 Å². The van der Waals surface area contributed by atoms with Crippen LogP contribution in [0.5, 0.6) is 0 Å². The van der Waals surface area contributed by atoms with Gasteiger partial charge in [0, 0.05) is 22.3 Å². The van der Waals surface area contributed by atoms with Gasteiger partial charge >= 0.3 is 7.12 Å². The minimum atomic E-state index is -0.625. The Bertz CT molecular complexity index is 1480. The Morgan fingerprint density at radius 1 is 0.629 bits per heavy atom. The van der Waals surface area contributed by atoms with E-state index in [2.05, 4.69) is 23.7 Å². The van der Waals surface area contributed by atoms with Crippen molar-refractivity contribution in [3.63, 3.8) is 0 Å². The summed E-state index contributed by atoms with van der Waals surface area (Å²) >= 11 is 0. The molecule has 3 heteroatoms. The smallest absolute Gasteiger partial charge is 0.399 e.